The van der Waals surface area contributed by atoms with Crippen LogP contribution in [0.1, 0.15) is 5.82 Å². The Labute approximate surface area is 168 Å². The summed E-state index contributed by atoms with van der Waals surface area (Å²) in [5.41, 5.74) is 8.22. The molecule has 2 N–H and O–H groups in total. The van der Waals surface area contributed by atoms with Gasteiger partial charge >= 0.3 is 6.03 Å². The standard InChI is InChI=1S/C21H23N5O3/c1-24-9-11-25(12-10-24)14-5-4-6-15-20(14)23-18(26(15)21(22)27)13-19-28-16-7-2-3-8-17(16)29-19/h2-8,19H,9-13H2,1H3,(H2,22,27). The SMILES string of the molecule is CN1CCN(c2cccc3c2nc(CC2Oc4ccccc4O2)n3C(N)=O)CC1. The molecule has 29 heavy (non-hydrogen) atoms. The summed E-state index contributed by atoms with van der Waals surface area (Å²) < 4.78 is 13.2. The van der Waals surface area contributed by atoms with E-state index >= 15 is 0 Å². The van der Waals surface area contributed by atoms with Crippen molar-refractivity contribution < 1.29 is 14.3 Å². The molecule has 1 saturated heterocycles. The summed E-state index contributed by atoms with van der Waals surface area (Å²) in [5.74, 6) is 1.92. The van der Waals surface area contributed by atoms with E-state index in [1.54, 1.807) is 0 Å². The number of aromatic nitrogens is 2. The summed E-state index contributed by atoms with van der Waals surface area (Å²) >= 11 is 0. The van der Waals surface area contributed by atoms with Gasteiger partial charge in [0.1, 0.15) is 11.3 Å². The summed E-state index contributed by atoms with van der Waals surface area (Å²) in [7, 11) is 2.12. The Balaban J connectivity index is 1.50. The number of imidazole rings is 1. The third-order valence-corrected chi connectivity index (χ3v) is 5.51. The number of amides is 1. The fourth-order valence-corrected chi connectivity index (χ4v) is 4.00. The van der Waals surface area contributed by atoms with E-state index in [0.29, 0.717) is 29.3 Å². The summed E-state index contributed by atoms with van der Waals surface area (Å²) in [5, 5.41) is 0. The van der Waals surface area contributed by atoms with Crippen molar-refractivity contribution in [3.8, 4) is 11.5 Å². The maximum absolute atomic E-state index is 12.3. The number of rotatable bonds is 3. The lowest BCUT2D eigenvalue weighted by atomic mass is 10.2. The quantitative estimate of drug-likeness (QED) is 0.733. The summed E-state index contributed by atoms with van der Waals surface area (Å²) in [6, 6.07) is 12.8. The highest BCUT2D eigenvalue weighted by Crippen LogP contribution is 2.35. The van der Waals surface area contributed by atoms with Crippen LogP contribution in [0.2, 0.25) is 0 Å². The molecule has 150 valence electrons. The lowest BCUT2D eigenvalue weighted by Crippen LogP contribution is -2.44. The van der Waals surface area contributed by atoms with Crippen LogP contribution in [-0.4, -0.2) is 60.0 Å². The van der Waals surface area contributed by atoms with Gasteiger partial charge in [0.15, 0.2) is 11.5 Å². The molecule has 0 spiro atoms. The molecule has 2 aliphatic rings. The summed E-state index contributed by atoms with van der Waals surface area (Å²) in [6.45, 7) is 3.81. The van der Waals surface area contributed by atoms with Crippen molar-refractivity contribution in [2.75, 3.05) is 38.1 Å². The van der Waals surface area contributed by atoms with Gasteiger partial charge in [-0.3, -0.25) is 0 Å². The number of ether oxygens (including phenoxy) is 2. The van der Waals surface area contributed by atoms with Crippen LogP contribution in [0.4, 0.5) is 10.5 Å². The third-order valence-electron chi connectivity index (χ3n) is 5.51. The third kappa shape index (κ3) is 3.15. The van der Waals surface area contributed by atoms with E-state index in [4.69, 9.17) is 20.2 Å². The Morgan fingerprint density at radius 1 is 1.07 bits per heavy atom. The number of para-hydroxylation sites is 3. The Morgan fingerprint density at radius 3 is 2.41 bits per heavy atom. The molecule has 2 aliphatic heterocycles. The molecule has 0 saturated carbocycles. The predicted molar refractivity (Wildman–Crippen MR) is 110 cm³/mol. The highest BCUT2D eigenvalue weighted by Gasteiger charge is 2.28. The molecule has 0 aliphatic carbocycles. The molecule has 8 heteroatoms. The lowest BCUT2D eigenvalue weighted by molar-refractivity contribution is 0.0482. The number of carbonyl (C=O) groups excluding carboxylic acids is 1. The van der Waals surface area contributed by atoms with Gasteiger partial charge in [0.25, 0.3) is 0 Å². The first-order valence-electron chi connectivity index (χ1n) is 9.76. The average Bonchev–Trinajstić information content (AvgIpc) is 3.28. The van der Waals surface area contributed by atoms with Crippen LogP contribution in [0, 0.1) is 0 Å². The number of piperazine rings is 1. The van der Waals surface area contributed by atoms with E-state index in [-0.39, 0.29) is 0 Å². The lowest BCUT2D eigenvalue weighted by Gasteiger charge is -2.34. The van der Waals surface area contributed by atoms with Crippen LogP contribution < -0.4 is 20.1 Å². The molecule has 0 bridgehead atoms. The number of carbonyl (C=O) groups is 1. The first-order valence-corrected chi connectivity index (χ1v) is 9.76. The molecule has 2 aromatic carbocycles. The zero-order valence-electron chi connectivity index (χ0n) is 16.2. The molecular formula is C21H23N5O3. The van der Waals surface area contributed by atoms with Crippen molar-refractivity contribution in [3.63, 3.8) is 0 Å². The van der Waals surface area contributed by atoms with Crippen molar-refractivity contribution in [1.82, 2.24) is 14.5 Å². The van der Waals surface area contributed by atoms with Crippen LogP contribution in [0.25, 0.3) is 11.0 Å². The maximum atomic E-state index is 12.3. The number of nitrogens with two attached hydrogens (primary N) is 1. The predicted octanol–water partition coefficient (Wildman–Crippen LogP) is 2.05. The Hall–Kier alpha value is -3.26. The van der Waals surface area contributed by atoms with Gasteiger partial charge in [-0.1, -0.05) is 18.2 Å². The minimum Gasteiger partial charge on any atom is -0.451 e. The Kier molecular flexibility index (Phi) is 4.28. The normalized spacial score (nSPS) is 17.2. The van der Waals surface area contributed by atoms with Gasteiger partial charge in [-0.15, -0.1) is 0 Å². The minimum atomic E-state index is -0.562. The molecule has 1 amide bonds. The monoisotopic (exact) mass is 393 g/mol. The van der Waals surface area contributed by atoms with Crippen LogP contribution >= 0.6 is 0 Å². The van der Waals surface area contributed by atoms with Gasteiger partial charge < -0.3 is 25.0 Å². The van der Waals surface area contributed by atoms with Gasteiger partial charge in [0.2, 0.25) is 6.29 Å². The number of hydrogen-bond donors (Lipinski definition) is 1. The first-order chi connectivity index (χ1) is 14.1. The Morgan fingerprint density at radius 2 is 1.76 bits per heavy atom. The number of nitrogens with zero attached hydrogens (tertiary/aromatic N) is 4. The molecule has 8 nitrogen and oxygen atoms in total. The van der Waals surface area contributed by atoms with Crippen LogP contribution in [0.3, 0.4) is 0 Å². The topological polar surface area (TPSA) is 85.8 Å². The van der Waals surface area contributed by atoms with Crippen LogP contribution in [0.5, 0.6) is 11.5 Å². The smallest absolute Gasteiger partial charge is 0.324 e. The van der Waals surface area contributed by atoms with E-state index in [9.17, 15) is 4.79 Å². The van der Waals surface area contributed by atoms with Crippen molar-refractivity contribution in [2.45, 2.75) is 12.7 Å². The molecule has 0 atom stereocenters. The van der Waals surface area contributed by atoms with Gasteiger partial charge in [-0.2, -0.15) is 0 Å². The van der Waals surface area contributed by atoms with Crippen LogP contribution in [-0.2, 0) is 6.42 Å². The van der Waals surface area contributed by atoms with Crippen LogP contribution in [0.15, 0.2) is 42.5 Å². The highest BCUT2D eigenvalue weighted by atomic mass is 16.7. The van der Waals surface area contributed by atoms with Gasteiger partial charge in [0.05, 0.1) is 17.6 Å². The zero-order valence-corrected chi connectivity index (χ0v) is 16.2. The van der Waals surface area contributed by atoms with E-state index in [1.807, 2.05) is 42.5 Å². The van der Waals surface area contributed by atoms with Crippen molar-refractivity contribution in [1.29, 1.82) is 0 Å². The minimum absolute atomic E-state index is 0.314. The van der Waals surface area contributed by atoms with Gasteiger partial charge in [0, 0.05) is 26.2 Å². The van der Waals surface area contributed by atoms with Crippen molar-refractivity contribution >= 4 is 22.8 Å². The van der Waals surface area contributed by atoms with E-state index in [1.165, 1.54) is 4.57 Å². The molecule has 1 aromatic heterocycles. The second kappa shape index (κ2) is 6.97. The molecule has 3 aromatic rings. The second-order valence-corrected chi connectivity index (χ2v) is 7.45. The van der Waals surface area contributed by atoms with E-state index in [2.05, 4.69) is 16.8 Å². The van der Waals surface area contributed by atoms with E-state index in [0.717, 1.165) is 37.4 Å². The summed E-state index contributed by atoms with van der Waals surface area (Å²) in [6.07, 6.45) is -0.233. The number of anilines is 1. The second-order valence-electron chi connectivity index (χ2n) is 7.45. The number of hydrogen-bond acceptors (Lipinski definition) is 6. The van der Waals surface area contributed by atoms with Gasteiger partial charge in [-0.25, -0.2) is 14.3 Å². The number of primary amides is 1. The van der Waals surface area contributed by atoms with Gasteiger partial charge in [-0.05, 0) is 31.3 Å². The number of fused-ring (bicyclic) bond motifs is 2. The number of likely N-dealkylation sites (N-methyl/N-ethyl adjacent to an activating group) is 1. The first kappa shape index (κ1) is 17.8. The number of benzene rings is 2. The van der Waals surface area contributed by atoms with Crippen molar-refractivity contribution in [2.24, 2.45) is 5.73 Å². The summed E-state index contributed by atoms with van der Waals surface area (Å²) in [4.78, 5) is 21.7. The highest BCUT2D eigenvalue weighted by molar-refractivity contribution is 5.96. The molecule has 0 radical (unpaired) electrons. The molecule has 0 unspecified atom stereocenters. The fraction of sp³-hybridized carbons (Fsp3) is 0.333. The largest absolute Gasteiger partial charge is 0.451 e. The fourth-order valence-electron chi connectivity index (χ4n) is 4.00. The molecule has 3 heterocycles. The molecular weight excluding hydrogens is 370 g/mol. The Bertz CT molecular complexity index is 1050. The molecule has 1 fully saturated rings. The average molecular weight is 393 g/mol. The van der Waals surface area contributed by atoms with Crippen molar-refractivity contribution in [3.05, 3.63) is 48.3 Å². The van der Waals surface area contributed by atoms with E-state index < -0.39 is 12.3 Å². The maximum Gasteiger partial charge on any atom is 0.324 e. The molecule has 5 rings (SSSR count). The zero-order chi connectivity index (χ0) is 20.0.